The Morgan fingerprint density at radius 2 is 1.82 bits per heavy atom. The maximum Gasteiger partial charge on any atom is 0.172 e. The van der Waals surface area contributed by atoms with Crippen LogP contribution in [0.1, 0.15) is 29.8 Å². The molecule has 5 heteroatoms. The van der Waals surface area contributed by atoms with E-state index < -0.39 is 5.54 Å². The molecule has 0 aliphatic heterocycles. The Labute approximate surface area is 109 Å². The normalized spacial score (nSPS) is 11.2. The zero-order valence-corrected chi connectivity index (χ0v) is 11.9. The lowest BCUT2D eigenvalue weighted by Crippen LogP contribution is -2.29. The molecule has 0 aliphatic carbocycles. The predicted octanol–water partition coefficient (Wildman–Crippen LogP) is 2.47. The summed E-state index contributed by atoms with van der Waals surface area (Å²) in [6.07, 6.45) is 0.721. The molecule has 2 N–H and O–H groups in total. The smallest absolute Gasteiger partial charge is 0.172 e. The van der Waals surface area contributed by atoms with Crippen molar-refractivity contribution in [1.29, 1.82) is 0 Å². The molecule has 17 heavy (non-hydrogen) atoms. The third-order valence-electron chi connectivity index (χ3n) is 2.44. The Morgan fingerprint density at radius 1 is 1.29 bits per heavy atom. The monoisotopic (exact) mass is 301 g/mol. The van der Waals surface area contributed by atoms with Gasteiger partial charge in [0, 0.05) is 15.6 Å². The molecular weight excluding hydrogens is 286 g/mol. The standard InChI is InChI=1S/C12H16BrNO3/c1-12(2,14)8-5-9(13)7(6-15)10(16-3)11(8)17-4/h5-6H,14H2,1-4H3. The average Bonchev–Trinajstić information content (AvgIpc) is 2.26. The van der Waals surface area contributed by atoms with Crippen LogP contribution in [0.5, 0.6) is 11.5 Å². The van der Waals surface area contributed by atoms with Crippen LogP contribution in [0, 0.1) is 0 Å². The van der Waals surface area contributed by atoms with E-state index >= 15 is 0 Å². The molecule has 0 bridgehead atoms. The lowest BCUT2D eigenvalue weighted by Gasteiger charge is -2.24. The van der Waals surface area contributed by atoms with Gasteiger partial charge in [-0.05, 0) is 35.8 Å². The van der Waals surface area contributed by atoms with Crippen LogP contribution in [0.2, 0.25) is 0 Å². The molecule has 0 spiro atoms. The van der Waals surface area contributed by atoms with Gasteiger partial charge in [-0.15, -0.1) is 0 Å². The van der Waals surface area contributed by atoms with E-state index in [0.29, 0.717) is 21.5 Å². The molecule has 0 aliphatic rings. The average molecular weight is 302 g/mol. The number of benzene rings is 1. The number of carbonyl (C=O) groups is 1. The number of halogens is 1. The van der Waals surface area contributed by atoms with E-state index in [1.54, 1.807) is 6.07 Å². The molecule has 0 radical (unpaired) electrons. The van der Waals surface area contributed by atoms with Gasteiger partial charge < -0.3 is 15.2 Å². The number of nitrogens with two attached hydrogens (primary N) is 1. The first-order valence-corrected chi connectivity index (χ1v) is 5.85. The maximum absolute atomic E-state index is 11.0. The van der Waals surface area contributed by atoms with Crippen LogP contribution in [-0.4, -0.2) is 20.5 Å². The minimum atomic E-state index is -0.595. The fourth-order valence-corrected chi connectivity index (χ4v) is 2.12. The van der Waals surface area contributed by atoms with E-state index in [-0.39, 0.29) is 0 Å². The van der Waals surface area contributed by atoms with Crippen molar-refractivity contribution in [3.63, 3.8) is 0 Å². The predicted molar refractivity (Wildman–Crippen MR) is 69.8 cm³/mol. The van der Waals surface area contributed by atoms with Gasteiger partial charge in [0.15, 0.2) is 17.8 Å². The van der Waals surface area contributed by atoms with Crippen LogP contribution < -0.4 is 15.2 Å². The lowest BCUT2D eigenvalue weighted by atomic mass is 9.93. The highest BCUT2D eigenvalue weighted by Gasteiger charge is 2.26. The summed E-state index contributed by atoms with van der Waals surface area (Å²) >= 11 is 3.33. The van der Waals surface area contributed by atoms with E-state index in [1.165, 1.54) is 14.2 Å². The number of rotatable bonds is 4. The SMILES string of the molecule is COc1c(C(C)(C)N)cc(Br)c(C=O)c1OC. The van der Waals surface area contributed by atoms with Gasteiger partial charge in [0.1, 0.15) is 0 Å². The van der Waals surface area contributed by atoms with E-state index in [9.17, 15) is 4.79 Å². The second-order valence-electron chi connectivity index (χ2n) is 4.23. The molecule has 0 fully saturated rings. The molecule has 1 rings (SSSR count). The maximum atomic E-state index is 11.0. The Bertz CT molecular complexity index is 438. The molecule has 94 valence electrons. The van der Waals surface area contributed by atoms with Gasteiger partial charge in [-0.3, -0.25) is 4.79 Å². The van der Waals surface area contributed by atoms with Gasteiger partial charge >= 0.3 is 0 Å². The third-order valence-corrected chi connectivity index (χ3v) is 3.10. The van der Waals surface area contributed by atoms with Gasteiger partial charge in [-0.25, -0.2) is 0 Å². The second kappa shape index (κ2) is 5.06. The topological polar surface area (TPSA) is 61.5 Å². The Kier molecular flexibility index (Phi) is 4.16. The summed E-state index contributed by atoms with van der Waals surface area (Å²) in [4.78, 5) is 11.0. The first-order valence-electron chi connectivity index (χ1n) is 5.05. The summed E-state index contributed by atoms with van der Waals surface area (Å²) in [6, 6.07) is 1.78. The van der Waals surface area contributed by atoms with E-state index in [2.05, 4.69) is 15.9 Å². The summed E-state index contributed by atoms with van der Waals surface area (Å²) in [5.74, 6) is 0.885. The highest BCUT2D eigenvalue weighted by Crippen LogP contribution is 2.42. The van der Waals surface area contributed by atoms with Crippen LogP contribution in [0.15, 0.2) is 10.5 Å². The summed E-state index contributed by atoms with van der Waals surface area (Å²) in [5, 5.41) is 0. The van der Waals surface area contributed by atoms with Gasteiger partial charge in [0.05, 0.1) is 19.8 Å². The van der Waals surface area contributed by atoms with E-state index in [4.69, 9.17) is 15.2 Å². The fraction of sp³-hybridized carbons (Fsp3) is 0.417. The van der Waals surface area contributed by atoms with E-state index in [1.807, 2.05) is 13.8 Å². The first kappa shape index (κ1) is 14.0. The van der Waals surface area contributed by atoms with Crippen LogP contribution in [0.4, 0.5) is 0 Å². The van der Waals surface area contributed by atoms with Gasteiger partial charge in [0.2, 0.25) is 0 Å². The van der Waals surface area contributed by atoms with Crippen molar-refractivity contribution in [2.45, 2.75) is 19.4 Å². The molecule has 0 aromatic heterocycles. The highest BCUT2D eigenvalue weighted by atomic mass is 79.9. The molecule has 0 saturated carbocycles. The van der Waals surface area contributed by atoms with Crippen molar-refractivity contribution in [2.75, 3.05) is 14.2 Å². The van der Waals surface area contributed by atoms with E-state index in [0.717, 1.165) is 11.8 Å². The minimum absolute atomic E-state index is 0.394. The summed E-state index contributed by atoms with van der Waals surface area (Å²) in [6.45, 7) is 3.72. The zero-order chi connectivity index (χ0) is 13.2. The van der Waals surface area contributed by atoms with Crippen molar-refractivity contribution in [3.8, 4) is 11.5 Å². The molecular formula is C12H16BrNO3. The molecule has 0 heterocycles. The summed E-state index contributed by atoms with van der Waals surface area (Å²) in [5.41, 5.74) is 6.66. The molecule has 0 atom stereocenters. The van der Waals surface area contributed by atoms with Gasteiger partial charge in [0.25, 0.3) is 0 Å². The van der Waals surface area contributed by atoms with Crippen LogP contribution in [0.3, 0.4) is 0 Å². The third kappa shape index (κ3) is 2.61. The van der Waals surface area contributed by atoms with Crippen molar-refractivity contribution >= 4 is 22.2 Å². The summed E-state index contributed by atoms with van der Waals surface area (Å²) in [7, 11) is 3.01. The van der Waals surface area contributed by atoms with Gasteiger partial charge in [-0.1, -0.05) is 0 Å². The lowest BCUT2D eigenvalue weighted by molar-refractivity contribution is 0.111. The van der Waals surface area contributed by atoms with Crippen molar-refractivity contribution in [2.24, 2.45) is 5.73 Å². The number of methoxy groups -OCH3 is 2. The quantitative estimate of drug-likeness (QED) is 0.868. The number of carbonyl (C=O) groups excluding carboxylic acids is 1. The highest BCUT2D eigenvalue weighted by molar-refractivity contribution is 9.10. The minimum Gasteiger partial charge on any atom is -0.492 e. The summed E-state index contributed by atoms with van der Waals surface area (Å²) < 4.78 is 11.2. The van der Waals surface area contributed by atoms with Crippen LogP contribution >= 0.6 is 15.9 Å². The number of hydrogen-bond donors (Lipinski definition) is 1. The molecule has 0 amide bonds. The molecule has 0 saturated heterocycles. The molecule has 4 nitrogen and oxygen atoms in total. The largest absolute Gasteiger partial charge is 0.492 e. The fourth-order valence-electron chi connectivity index (χ4n) is 1.62. The molecule has 1 aromatic carbocycles. The molecule has 1 aromatic rings. The second-order valence-corrected chi connectivity index (χ2v) is 5.08. The number of ether oxygens (including phenoxy) is 2. The van der Waals surface area contributed by atoms with Crippen molar-refractivity contribution < 1.29 is 14.3 Å². The zero-order valence-electron chi connectivity index (χ0n) is 10.3. The number of aldehydes is 1. The first-order chi connectivity index (χ1) is 7.86. The Balaban J connectivity index is 3.65. The van der Waals surface area contributed by atoms with Crippen LogP contribution in [0.25, 0.3) is 0 Å². The van der Waals surface area contributed by atoms with Crippen molar-refractivity contribution in [3.05, 3.63) is 21.7 Å². The van der Waals surface area contributed by atoms with Crippen molar-refractivity contribution in [1.82, 2.24) is 0 Å². The Morgan fingerprint density at radius 3 is 2.18 bits per heavy atom. The number of hydrogen-bond acceptors (Lipinski definition) is 4. The molecule has 0 unspecified atom stereocenters. The van der Waals surface area contributed by atoms with Gasteiger partial charge in [-0.2, -0.15) is 0 Å². The Hall–Kier alpha value is -1.07. The van der Waals surface area contributed by atoms with Crippen LogP contribution in [-0.2, 0) is 5.54 Å².